The van der Waals surface area contributed by atoms with Crippen LogP contribution in [0.5, 0.6) is 0 Å². The van der Waals surface area contributed by atoms with E-state index in [-0.39, 0.29) is 18.2 Å². The van der Waals surface area contributed by atoms with Crippen molar-refractivity contribution in [1.82, 2.24) is 10.3 Å². The van der Waals surface area contributed by atoms with E-state index < -0.39 is 12.0 Å². The number of pyridine rings is 1. The highest BCUT2D eigenvalue weighted by molar-refractivity contribution is 5.84. The van der Waals surface area contributed by atoms with Crippen LogP contribution in [-0.2, 0) is 16.0 Å². The van der Waals surface area contributed by atoms with E-state index in [0.717, 1.165) is 5.56 Å². The average molecular weight is 250 g/mol. The second-order valence-electron chi connectivity index (χ2n) is 4.62. The summed E-state index contributed by atoms with van der Waals surface area (Å²) in [5.41, 5.74) is 0.816. The number of hydrogen-bond donors (Lipinski definition) is 2. The van der Waals surface area contributed by atoms with Gasteiger partial charge in [0.2, 0.25) is 5.91 Å². The van der Waals surface area contributed by atoms with Gasteiger partial charge in [0.15, 0.2) is 0 Å². The molecule has 0 aromatic carbocycles. The molecule has 0 saturated heterocycles. The lowest BCUT2D eigenvalue weighted by Gasteiger charge is -2.16. The molecule has 0 spiro atoms. The van der Waals surface area contributed by atoms with Crippen molar-refractivity contribution in [2.75, 3.05) is 0 Å². The molecule has 0 aliphatic rings. The van der Waals surface area contributed by atoms with Crippen LogP contribution in [0, 0.1) is 5.92 Å². The van der Waals surface area contributed by atoms with Crippen LogP contribution in [-0.4, -0.2) is 28.0 Å². The summed E-state index contributed by atoms with van der Waals surface area (Å²) < 4.78 is 0. The maximum Gasteiger partial charge on any atom is 0.326 e. The van der Waals surface area contributed by atoms with Gasteiger partial charge in [-0.1, -0.05) is 13.8 Å². The van der Waals surface area contributed by atoms with Crippen molar-refractivity contribution in [1.29, 1.82) is 0 Å². The van der Waals surface area contributed by atoms with E-state index in [1.807, 2.05) is 13.8 Å². The van der Waals surface area contributed by atoms with Gasteiger partial charge < -0.3 is 10.4 Å². The third-order valence-electron chi connectivity index (χ3n) is 2.45. The second-order valence-corrected chi connectivity index (χ2v) is 4.62. The predicted octanol–water partition coefficient (Wildman–Crippen LogP) is 1.24. The summed E-state index contributed by atoms with van der Waals surface area (Å²) in [6.45, 7) is 3.84. The van der Waals surface area contributed by atoms with Gasteiger partial charge in [0.1, 0.15) is 6.04 Å². The first-order valence-corrected chi connectivity index (χ1v) is 5.90. The predicted molar refractivity (Wildman–Crippen MR) is 67.0 cm³/mol. The van der Waals surface area contributed by atoms with Crippen molar-refractivity contribution in [2.45, 2.75) is 32.7 Å². The van der Waals surface area contributed by atoms with Crippen molar-refractivity contribution < 1.29 is 14.7 Å². The molecule has 2 N–H and O–H groups in total. The number of aromatic nitrogens is 1. The molecule has 0 bridgehead atoms. The molecule has 18 heavy (non-hydrogen) atoms. The second kappa shape index (κ2) is 6.74. The zero-order valence-corrected chi connectivity index (χ0v) is 10.6. The van der Waals surface area contributed by atoms with Gasteiger partial charge in [0.25, 0.3) is 0 Å². The first-order valence-electron chi connectivity index (χ1n) is 5.90. The Balaban J connectivity index is 2.54. The highest BCUT2D eigenvalue weighted by Gasteiger charge is 2.20. The quantitative estimate of drug-likeness (QED) is 0.796. The molecule has 0 saturated carbocycles. The number of carbonyl (C=O) groups is 2. The summed E-state index contributed by atoms with van der Waals surface area (Å²) in [5, 5.41) is 11.5. The van der Waals surface area contributed by atoms with Crippen LogP contribution in [0.25, 0.3) is 0 Å². The lowest BCUT2D eigenvalue weighted by Crippen LogP contribution is -2.42. The Bertz CT molecular complexity index is 404. The Labute approximate surface area is 106 Å². The number of nitrogens with zero attached hydrogens (tertiary/aromatic N) is 1. The van der Waals surface area contributed by atoms with Crippen LogP contribution in [0.2, 0.25) is 0 Å². The smallest absolute Gasteiger partial charge is 0.326 e. The maximum absolute atomic E-state index is 11.7. The van der Waals surface area contributed by atoms with Gasteiger partial charge in [0, 0.05) is 12.4 Å². The minimum absolute atomic E-state index is 0.171. The largest absolute Gasteiger partial charge is 0.480 e. The molecule has 98 valence electrons. The van der Waals surface area contributed by atoms with E-state index in [4.69, 9.17) is 5.11 Å². The van der Waals surface area contributed by atoms with Gasteiger partial charge in [-0.25, -0.2) is 4.79 Å². The molecule has 1 amide bonds. The van der Waals surface area contributed by atoms with Crippen molar-refractivity contribution in [2.24, 2.45) is 5.92 Å². The molecule has 0 radical (unpaired) electrons. The van der Waals surface area contributed by atoms with Crippen LogP contribution in [0.4, 0.5) is 0 Å². The highest BCUT2D eigenvalue weighted by Crippen LogP contribution is 2.06. The van der Waals surface area contributed by atoms with Crippen molar-refractivity contribution in [3.8, 4) is 0 Å². The zero-order chi connectivity index (χ0) is 13.5. The fourth-order valence-electron chi connectivity index (χ4n) is 1.62. The Morgan fingerprint density at radius 1 is 1.33 bits per heavy atom. The van der Waals surface area contributed by atoms with Crippen LogP contribution in [0.1, 0.15) is 25.8 Å². The summed E-state index contributed by atoms with van der Waals surface area (Å²) in [6.07, 6.45) is 3.80. The molecule has 0 aliphatic heterocycles. The monoisotopic (exact) mass is 250 g/mol. The number of nitrogens with one attached hydrogen (secondary N) is 1. The lowest BCUT2D eigenvalue weighted by atomic mass is 10.0. The van der Waals surface area contributed by atoms with Gasteiger partial charge in [-0.15, -0.1) is 0 Å². The standard InChI is InChI=1S/C13H18N2O3/c1-9(2)7-11(13(17)18)15-12(16)8-10-3-5-14-6-4-10/h3-6,9,11H,7-8H2,1-2H3,(H,15,16)(H,17,18)/t11-/m1/s1. The normalized spacial score (nSPS) is 12.2. The molecule has 0 fully saturated rings. The molecule has 5 heteroatoms. The number of carbonyl (C=O) groups excluding carboxylic acids is 1. The fourth-order valence-corrected chi connectivity index (χ4v) is 1.62. The molecule has 0 aliphatic carbocycles. The average Bonchev–Trinajstić information content (AvgIpc) is 2.28. The summed E-state index contributed by atoms with van der Waals surface area (Å²) in [5.74, 6) is -1.06. The number of rotatable bonds is 6. The number of amides is 1. The van der Waals surface area contributed by atoms with Crippen LogP contribution in [0.3, 0.4) is 0 Å². The number of carboxylic acids is 1. The van der Waals surface area contributed by atoms with Crippen molar-refractivity contribution >= 4 is 11.9 Å². The molecule has 0 unspecified atom stereocenters. The van der Waals surface area contributed by atoms with Crippen molar-refractivity contribution in [3.63, 3.8) is 0 Å². The SMILES string of the molecule is CC(C)C[C@@H](NC(=O)Cc1ccncc1)C(=O)O. The summed E-state index contributed by atoms with van der Waals surface area (Å²) in [6, 6.07) is 2.65. The summed E-state index contributed by atoms with van der Waals surface area (Å²) in [7, 11) is 0. The molecule has 1 aromatic rings. The Hall–Kier alpha value is -1.91. The molecular formula is C13H18N2O3. The number of carboxylic acid groups (broad SMARTS) is 1. The zero-order valence-electron chi connectivity index (χ0n) is 10.6. The van der Waals surface area contributed by atoms with Crippen LogP contribution in [0.15, 0.2) is 24.5 Å². The third kappa shape index (κ3) is 4.95. The van der Waals surface area contributed by atoms with Crippen molar-refractivity contribution in [3.05, 3.63) is 30.1 Å². The van der Waals surface area contributed by atoms with E-state index in [9.17, 15) is 9.59 Å². The number of aliphatic carboxylic acids is 1. The van der Waals surface area contributed by atoms with Crippen LogP contribution < -0.4 is 5.32 Å². The van der Waals surface area contributed by atoms with E-state index >= 15 is 0 Å². The minimum atomic E-state index is -0.994. The Morgan fingerprint density at radius 3 is 2.44 bits per heavy atom. The third-order valence-corrected chi connectivity index (χ3v) is 2.45. The van der Waals surface area contributed by atoms with Gasteiger partial charge in [-0.05, 0) is 30.0 Å². The minimum Gasteiger partial charge on any atom is -0.480 e. The molecule has 5 nitrogen and oxygen atoms in total. The van der Waals surface area contributed by atoms with Crippen LogP contribution >= 0.6 is 0 Å². The number of hydrogen-bond acceptors (Lipinski definition) is 3. The Kier molecular flexibility index (Phi) is 5.30. The first-order chi connectivity index (χ1) is 8.49. The first kappa shape index (κ1) is 14.2. The summed E-state index contributed by atoms with van der Waals surface area (Å²) >= 11 is 0. The Morgan fingerprint density at radius 2 is 1.94 bits per heavy atom. The summed E-state index contributed by atoms with van der Waals surface area (Å²) in [4.78, 5) is 26.6. The molecule has 1 aromatic heterocycles. The van der Waals surface area contributed by atoms with E-state index in [1.165, 1.54) is 0 Å². The highest BCUT2D eigenvalue weighted by atomic mass is 16.4. The van der Waals surface area contributed by atoms with E-state index in [1.54, 1.807) is 24.5 Å². The maximum atomic E-state index is 11.7. The van der Waals surface area contributed by atoms with Gasteiger partial charge >= 0.3 is 5.97 Å². The van der Waals surface area contributed by atoms with E-state index in [0.29, 0.717) is 6.42 Å². The van der Waals surface area contributed by atoms with Gasteiger partial charge in [-0.3, -0.25) is 9.78 Å². The molecule has 1 rings (SSSR count). The molecule has 1 atom stereocenters. The molecular weight excluding hydrogens is 232 g/mol. The topological polar surface area (TPSA) is 79.3 Å². The van der Waals surface area contributed by atoms with E-state index in [2.05, 4.69) is 10.3 Å². The lowest BCUT2D eigenvalue weighted by molar-refractivity contribution is -0.142. The molecule has 1 heterocycles. The fraction of sp³-hybridized carbons (Fsp3) is 0.462. The van der Waals surface area contributed by atoms with Gasteiger partial charge in [0.05, 0.1) is 6.42 Å². The van der Waals surface area contributed by atoms with Gasteiger partial charge in [-0.2, -0.15) is 0 Å².